The molecule has 5 N–H and O–H groups in total. The number of thioether (sulfide) groups is 1. The Morgan fingerprint density at radius 3 is 2.61 bits per heavy atom. The Balaban J connectivity index is 1.86. The summed E-state index contributed by atoms with van der Waals surface area (Å²) in [6.07, 6.45) is 4.07. The maximum Gasteiger partial charge on any atom is 0.352 e. The van der Waals surface area contributed by atoms with Crippen molar-refractivity contribution in [2.24, 2.45) is 17.9 Å². The lowest BCUT2D eigenvalue weighted by Crippen LogP contribution is -2.59. The summed E-state index contributed by atoms with van der Waals surface area (Å²) >= 11 is 1.19. The number of aryl methyl sites for hydroxylation is 1. The summed E-state index contributed by atoms with van der Waals surface area (Å²) in [4.78, 5) is 60.6. The molecule has 1 saturated heterocycles. The number of carbonyl (C=O) groups excluding carboxylic acids is 3. The van der Waals surface area contributed by atoms with E-state index >= 15 is 0 Å². The Morgan fingerprint density at radius 1 is 1.39 bits per heavy atom. The average Bonchev–Trinajstić information content (AvgIpc) is 3.16. The Bertz CT molecular complexity index is 1290. The molecule has 0 spiro atoms. The van der Waals surface area contributed by atoms with E-state index in [2.05, 4.69) is 20.1 Å². The Labute approximate surface area is 208 Å². The minimum Gasteiger partial charge on any atom is -0.477 e. The minimum absolute atomic E-state index is 0.0214. The molecular formula is C20H22N9O6S+. The van der Waals surface area contributed by atoms with Gasteiger partial charge < -0.3 is 21.4 Å². The first-order chi connectivity index (χ1) is 17.1. The SMILES string of the molecule is CON=CC(=O)N(c1nc(N)n(C)n1)C1S[C@H]2CC(=O)N2C(C(=O)O)=C1C[n+]1ccc(C(N)=O)cc1. The number of nitrogens with two attached hydrogens (primary N) is 2. The number of hydrogen-bond acceptors (Lipinski definition) is 10. The zero-order valence-corrected chi connectivity index (χ0v) is 20.0. The van der Waals surface area contributed by atoms with E-state index in [1.165, 1.54) is 60.0 Å². The molecule has 0 saturated carbocycles. The van der Waals surface area contributed by atoms with Gasteiger partial charge in [0.15, 0.2) is 18.9 Å². The normalized spacial score (nSPS) is 19.2. The molecule has 2 atom stereocenters. The lowest BCUT2D eigenvalue weighted by Gasteiger charge is -2.47. The summed E-state index contributed by atoms with van der Waals surface area (Å²) in [5, 5.41) is 16.4. The Kier molecular flexibility index (Phi) is 6.61. The summed E-state index contributed by atoms with van der Waals surface area (Å²) in [7, 11) is 2.80. The van der Waals surface area contributed by atoms with Crippen LogP contribution in [0.2, 0.25) is 0 Å². The molecule has 2 aliphatic heterocycles. The van der Waals surface area contributed by atoms with Gasteiger partial charge in [-0.15, -0.1) is 16.9 Å². The van der Waals surface area contributed by atoms with Crippen molar-refractivity contribution in [3.63, 3.8) is 0 Å². The number of fused-ring (bicyclic) bond motifs is 1. The highest BCUT2D eigenvalue weighted by atomic mass is 32.2. The molecule has 0 aliphatic carbocycles. The smallest absolute Gasteiger partial charge is 0.352 e. The zero-order valence-electron chi connectivity index (χ0n) is 19.1. The van der Waals surface area contributed by atoms with Crippen molar-refractivity contribution in [3.05, 3.63) is 41.4 Å². The molecule has 2 aromatic rings. The molecule has 0 aromatic carbocycles. The number of β-lactam (4-membered cyclic amide) rings is 1. The van der Waals surface area contributed by atoms with Crippen LogP contribution in [0.3, 0.4) is 0 Å². The largest absolute Gasteiger partial charge is 0.477 e. The molecule has 4 heterocycles. The third-order valence-corrected chi connectivity index (χ3v) is 6.95. The van der Waals surface area contributed by atoms with Gasteiger partial charge in [0.2, 0.25) is 17.8 Å². The number of oxime groups is 1. The molecule has 3 amide bonds. The highest BCUT2D eigenvalue weighted by Gasteiger charge is 2.52. The van der Waals surface area contributed by atoms with Gasteiger partial charge in [-0.25, -0.2) is 14.0 Å². The van der Waals surface area contributed by atoms with E-state index < -0.39 is 28.5 Å². The first kappa shape index (κ1) is 24.6. The van der Waals surface area contributed by atoms with Crippen molar-refractivity contribution < 1.29 is 33.7 Å². The topological polar surface area (TPSA) is 203 Å². The fourth-order valence-corrected chi connectivity index (χ4v) is 5.32. The molecular weight excluding hydrogens is 494 g/mol. The van der Waals surface area contributed by atoms with E-state index in [0.717, 1.165) is 11.1 Å². The fraction of sp³-hybridized carbons (Fsp3) is 0.300. The molecule has 15 nitrogen and oxygen atoms in total. The van der Waals surface area contributed by atoms with Crippen molar-refractivity contribution in [1.82, 2.24) is 19.7 Å². The lowest BCUT2D eigenvalue weighted by molar-refractivity contribution is -0.689. The van der Waals surface area contributed by atoms with Crippen molar-refractivity contribution in [2.75, 3.05) is 17.7 Å². The van der Waals surface area contributed by atoms with Gasteiger partial charge in [0.1, 0.15) is 24.4 Å². The summed E-state index contributed by atoms with van der Waals surface area (Å²) in [6.45, 7) is -0.0532. The number of amides is 3. The maximum absolute atomic E-state index is 13.2. The number of carboxylic acids is 1. The van der Waals surface area contributed by atoms with Crippen molar-refractivity contribution in [1.29, 1.82) is 0 Å². The van der Waals surface area contributed by atoms with Crippen molar-refractivity contribution in [2.45, 2.75) is 23.7 Å². The van der Waals surface area contributed by atoms with Gasteiger partial charge in [0.25, 0.3) is 11.9 Å². The summed E-state index contributed by atoms with van der Waals surface area (Å²) < 4.78 is 2.85. The van der Waals surface area contributed by atoms with Crippen LogP contribution in [0.5, 0.6) is 0 Å². The number of anilines is 2. The molecule has 2 aromatic heterocycles. The van der Waals surface area contributed by atoms with Crippen LogP contribution in [-0.4, -0.2) is 72.5 Å². The number of aliphatic carboxylic acids is 1. The van der Waals surface area contributed by atoms with E-state index in [9.17, 15) is 24.3 Å². The van der Waals surface area contributed by atoms with Crippen LogP contribution in [0.15, 0.2) is 41.0 Å². The van der Waals surface area contributed by atoms with E-state index in [-0.39, 0.29) is 47.6 Å². The molecule has 1 fully saturated rings. The first-order valence-corrected chi connectivity index (χ1v) is 11.4. The van der Waals surface area contributed by atoms with Crippen molar-refractivity contribution in [3.8, 4) is 0 Å². The third kappa shape index (κ3) is 4.45. The predicted octanol–water partition coefficient (Wildman–Crippen LogP) is -1.58. The number of nitrogens with zero attached hydrogens (tertiary/aromatic N) is 7. The number of aromatic nitrogens is 4. The predicted molar refractivity (Wildman–Crippen MR) is 125 cm³/mol. The molecule has 188 valence electrons. The Hall–Kier alpha value is -4.47. The van der Waals surface area contributed by atoms with Crippen LogP contribution in [-0.2, 0) is 32.8 Å². The molecule has 4 rings (SSSR count). The van der Waals surface area contributed by atoms with E-state index in [4.69, 9.17) is 11.5 Å². The highest BCUT2D eigenvalue weighted by molar-refractivity contribution is 8.01. The fourth-order valence-electron chi connectivity index (χ4n) is 3.76. The number of rotatable bonds is 8. The number of nitrogen functional groups attached to an aromatic ring is 1. The van der Waals surface area contributed by atoms with Crippen molar-refractivity contribution >= 4 is 53.6 Å². The van der Waals surface area contributed by atoms with Gasteiger partial charge in [0.05, 0.1) is 22.9 Å². The van der Waals surface area contributed by atoms with Gasteiger partial charge in [-0.2, -0.15) is 4.98 Å². The molecule has 16 heteroatoms. The second-order valence-electron chi connectivity index (χ2n) is 7.73. The quantitative estimate of drug-likeness (QED) is 0.159. The number of pyridine rings is 1. The van der Waals surface area contributed by atoms with E-state index in [1.807, 2.05) is 0 Å². The van der Waals surface area contributed by atoms with Crippen LogP contribution >= 0.6 is 11.8 Å². The summed E-state index contributed by atoms with van der Waals surface area (Å²) in [5.74, 6) is -3.08. The maximum atomic E-state index is 13.2. The molecule has 36 heavy (non-hydrogen) atoms. The van der Waals surface area contributed by atoms with Crippen LogP contribution in [0.25, 0.3) is 0 Å². The lowest BCUT2D eigenvalue weighted by atomic mass is 10.1. The summed E-state index contributed by atoms with van der Waals surface area (Å²) in [5.41, 5.74) is 11.4. The molecule has 0 bridgehead atoms. The minimum atomic E-state index is -1.34. The van der Waals surface area contributed by atoms with E-state index in [0.29, 0.717) is 0 Å². The van der Waals surface area contributed by atoms with Gasteiger partial charge in [0, 0.05) is 19.2 Å². The zero-order chi connectivity index (χ0) is 26.1. The van der Waals surface area contributed by atoms with Gasteiger partial charge in [-0.1, -0.05) is 5.16 Å². The second kappa shape index (κ2) is 9.65. The van der Waals surface area contributed by atoms with Crippen LogP contribution < -0.4 is 20.9 Å². The van der Waals surface area contributed by atoms with Gasteiger partial charge in [-0.05, 0) is 0 Å². The number of carbonyl (C=O) groups is 4. The van der Waals surface area contributed by atoms with Crippen LogP contribution in [0, 0.1) is 0 Å². The summed E-state index contributed by atoms with van der Waals surface area (Å²) in [6, 6.07) is 2.95. The van der Waals surface area contributed by atoms with Crippen LogP contribution in [0.4, 0.5) is 11.9 Å². The number of hydrogen-bond donors (Lipinski definition) is 3. The average molecular weight is 517 g/mol. The Morgan fingerprint density at radius 2 is 2.08 bits per heavy atom. The number of carboxylic acid groups (broad SMARTS) is 1. The van der Waals surface area contributed by atoms with Gasteiger partial charge in [-0.3, -0.25) is 24.2 Å². The second-order valence-corrected chi connectivity index (χ2v) is 9.00. The third-order valence-electron chi connectivity index (χ3n) is 5.51. The number of primary amides is 1. The van der Waals surface area contributed by atoms with Crippen LogP contribution in [0.1, 0.15) is 16.8 Å². The molecule has 1 unspecified atom stereocenters. The van der Waals surface area contributed by atoms with Gasteiger partial charge >= 0.3 is 5.97 Å². The monoisotopic (exact) mass is 516 g/mol. The molecule has 2 aliphatic rings. The molecule has 0 radical (unpaired) electrons. The standard InChI is InChI=1S/C20H21N9O6S/c1-26-19(22)24-20(25-26)29(13(31)8-23-35-2)17-11(9-27-5-3-10(4-6-27)16(21)32)15(18(33)34)28-12(30)7-14(28)36-17/h3-6,8,14,17H,7,9H2,1-2H3,(H4-,21,22,24,25,32,33,34)/p+1/t14-,17?/m0/s1. The highest BCUT2D eigenvalue weighted by Crippen LogP contribution is 2.46. The first-order valence-electron chi connectivity index (χ1n) is 10.4. The van der Waals surface area contributed by atoms with E-state index in [1.54, 1.807) is 4.57 Å².